The van der Waals surface area contributed by atoms with Crippen LogP contribution in [0.1, 0.15) is 28.8 Å². The van der Waals surface area contributed by atoms with E-state index in [0.717, 1.165) is 30.5 Å². The normalized spacial score (nSPS) is 17.5. The Hall–Kier alpha value is -3.09. The van der Waals surface area contributed by atoms with Gasteiger partial charge >= 0.3 is 0 Å². The van der Waals surface area contributed by atoms with Crippen LogP contribution < -0.4 is 9.80 Å². The summed E-state index contributed by atoms with van der Waals surface area (Å²) in [6.07, 6.45) is 4.32. The zero-order chi connectivity index (χ0) is 22.1. The molecule has 0 bridgehead atoms. The van der Waals surface area contributed by atoms with Crippen molar-refractivity contribution >= 4 is 11.6 Å². The van der Waals surface area contributed by atoms with E-state index >= 15 is 0 Å². The summed E-state index contributed by atoms with van der Waals surface area (Å²) in [5.41, 5.74) is 4.72. The minimum absolute atomic E-state index is 0.182. The van der Waals surface area contributed by atoms with Crippen LogP contribution in [0, 0.1) is 5.82 Å². The Morgan fingerprint density at radius 2 is 1.69 bits per heavy atom. The number of hydrogen-bond acceptors (Lipinski definition) is 4. The van der Waals surface area contributed by atoms with Crippen molar-refractivity contribution in [3.8, 4) is 0 Å². The lowest BCUT2D eigenvalue weighted by Crippen LogP contribution is -2.32. The zero-order valence-electron chi connectivity index (χ0n) is 17.8. The molecule has 5 rings (SSSR count). The number of alkyl halides is 2. The van der Waals surface area contributed by atoms with E-state index in [4.69, 9.17) is 0 Å². The van der Waals surface area contributed by atoms with Crippen LogP contribution in [0.2, 0.25) is 0 Å². The summed E-state index contributed by atoms with van der Waals surface area (Å²) < 4.78 is 41.5. The molecule has 0 spiro atoms. The highest BCUT2D eigenvalue weighted by Crippen LogP contribution is 2.32. The fourth-order valence-corrected chi connectivity index (χ4v) is 4.47. The lowest BCUT2D eigenvalue weighted by Gasteiger charge is -2.30. The summed E-state index contributed by atoms with van der Waals surface area (Å²) in [4.78, 5) is 12.6. The van der Waals surface area contributed by atoms with Crippen molar-refractivity contribution in [1.82, 2.24) is 9.97 Å². The van der Waals surface area contributed by atoms with Gasteiger partial charge in [-0.15, -0.1) is 0 Å². The molecule has 0 aliphatic carbocycles. The molecule has 0 saturated carbocycles. The van der Waals surface area contributed by atoms with Crippen LogP contribution in [0.3, 0.4) is 0 Å². The average molecular weight is 438 g/mol. The first kappa shape index (κ1) is 20.8. The van der Waals surface area contributed by atoms with Gasteiger partial charge in [0.15, 0.2) is 0 Å². The number of nitrogens with zero attached hydrogens (tertiary/aromatic N) is 4. The lowest BCUT2D eigenvalue weighted by atomic mass is 9.99. The molecule has 4 heterocycles. The highest BCUT2D eigenvalue weighted by molar-refractivity contribution is 5.52. The molecule has 1 fully saturated rings. The second kappa shape index (κ2) is 8.45. The number of benzene rings is 1. The molecular weight excluding hydrogens is 413 g/mol. The molecular formula is C25H25F3N4. The Kier molecular flexibility index (Phi) is 5.49. The van der Waals surface area contributed by atoms with Crippen LogP contribution in [0.15, 0.2) is 54.7 Å². The molecule has 0 unspecified atom stereocenters. The van der Waals surface area contributed by atoms with E-state index in [1.807, 2.05) is 29.3 Å². The van der Waals surface area contributed by atoms with Crippen molar-refractivity contribution in [2.24, 2.45) is 0 Å². The van der Waals surface area contributed by atoms with E-state index < -0.39 is 18.3 Å². The average Bonchev–Trinajstić information content (AvgIpc) is 3.17. The summed E-state index contributed by atoms with van der Waals surface area (Å²) in [6, 6.07) is 15.2. The molecule has 2 aliphatic heterocycles. The number of hydrogen-bond donors (Lipinski definition) is 0. The van der Waals surface area contributed by atoms with Crippen molar-refractivity contribution in [1.29, 1.82) is 0 Å². The molecule has 1 saturated heterocycles. The molecule has 4 nitrogen and oxygen atoms in total. The monoisotopic (exact) mass is 438 g/mol. The molecule has 0 radical (unpaired) electrons. The SMILES string of the molecule is Fc1cc(N2CCc3cc(CCc4ccccc4)ncc3C2)nc(N2CCC(F)(F)C2)c1. The van der Waals surface area contributed by atoms with E-state index in [0.29, 0.717) is 18.9 Å². The van der Waals surface area contributed by atoms with Gasteiger partial charge in [-0.05, 0) is 42.0 Å². The maximum atomic E-state index is 14.3. The number of fused-ring (bicyclic) bond motifs is 1. The van der Waals surface area contributed by atoms with Crippen LogP contribution in [0.5, 0.6) is 0 Å². The number of aryl methyl sites for hydroxylation is 2. The summed E-state index contributed by atoms with van der Waals surface area (Å²) in [5.74, 6) is -2.45. The van der Waals surface area contributed by atoms with Crippen molar-refractivity contribution in [3.05, 3.63) is 82.9 Å². The predicted molar refractivity (Wildman–Crippen MR) is 119 cm³/mol. The second-order valence-corrected chi connectivity index (χ2v) is 8.63. The predicted octanol–water partition coefficient (Wildman–Crippen LogP) is 4.81. The van der Waals surface area contributed by atoms with Crippen molar-refractivity contribution in [2.75, 3.05) is 29.4 Å². The number of rotatable bonds is 5. The summed E-state index contributed by atoms with van der Waals surface area (Å²) in [5, 5.41) is 0. The quantitative estimate of drug-likeness (QED) is 0.572. The standard InChI is InChI=1S/C25H25F3N4/c26-21-13-23(30-24(14-21)32-11-9-25(27,28)17-32)31-10-8-19-12-22(29-15-20(19)16-31)7-6-18-4-2-1-3-5-18/h1-5,12-15H,6-11,16-17H2. The zero-order valence-corrected chi connectivity index (χ0v) is 17.8. The van der Waals surface area contributed by atoms with Crippen LogP contribution in [-0.4, -0.2) is 35.5 Å². The van der Waals surface area contributed by atoms with Crippen LogP contribution in [-0.2, 0) is 25.8 Å². The summed E-state index contributed by atoms with van der Waals surface area (Å²) >= 11 is 0. The third-order valence-electron chi connectivity index (χ3n) is 6.25. The molecule has 2 aromatic heterocycles. The summed E-state index contributed by atoms with van der Waals surface area (Å²) in [6.45, 7) is 1.04. The maximum Gasteiger partial charge on any atom is 0.266 e. The Morgan fingerprint density at radius 1 is 0.906 bits per heavy atom. The van der Waals surface area contributed by atoms with Gasteiger partial charge < -0.3 is 9.80 Å². The third kappa shape index (κ3) is 4.56. The highest BCUT2D eigenvalue weighted by atomic mass is 19.3. The van der Waals surface area contributed by atoms with Crippen molar-refractivity contribution < 1.29 is 13.2 Å². The number of pyridine rings is 2. The largest absolute Gasteiger partial charge is 0.352 e. The Bertz CT molecular complexity index is 1100. The van der Waals surface area contributed by atoms with Gasteiger partial charge in [-0.2, -0.15) is 0 Å². The van der Waals surface area contributed by atoms with E-state index in [9.17, 15) is 13.2 Å². The van der Waals surface area contributed by atoms with Gasteiger partial charge in [0.05, 0.1) is 6.54 Å². The van der Waals surface area contributed by atoms with Gasteiger partial charge in [-0.25, -0.2) is 18.2 Å². The van der Waals surface area contributed by atoms with E-state index in [2.05, 4.69) is 28.2 Å². The molecule has 0 atom stereocenters. The van der Waals surface area contributed by atoms with E-state index in [1.165, 1.54) is 28.2 Å². The minimum atomic E-state index is -2.75. The first-order chi connectivity index (χ1) is 15.4. The minimum Gasteiger partial charge on any atom is -0.352 e. The fraction of sp³-hybridized carbons (Fsp3) is 0.360. The lowest BCUT2D eigenvalue weighted by molar-refractivity contribution is 0.0256. The number of aromatic nitrogens is 2. The number of anilines is 2. The van der Waals surface area contributed by atoms with Crippen molar-refractivity contribution in [3.63, 3.8) is 0 Å². The molecule has 1 aromatic carbocycles. The first-order valence-electron chi connectivity index (χ1n) is 11.0. The molecule has 3 aromatic rings. The van der Waals surface area contributed by atoms with Gasteiger partial charge in [0.1, 0.15) is 17.5 Å². The second-order valence-electron chi connectivity index (χ2n) is 8.63. The fourth-order valence-electron chi connectivity index (χ4n) is 4.47. The van der Waals surface area contributed by atoms with Crippen LogP contribution in [0.4, 0.5) is 24.8 Å². The Balaban J connectivity index is 1.29. The topological polar surface area (TPSA) is 32.3 Å². The van der Waals surface area contributed by atoms with Gasteiger partial charge in [0, 0.05) is 50.1 Å². The maximum absolute atomic E-state index is 14.3. The molecule has 2 aliphatic rings. The Morgan fingerprint density at radius 3 is 2.44 bits per heavy atom. The third-order valence-corrected chi connectivity index (χ3v) is 6.25. The van der Waals surface area contributed by atoms with E-state index in [-0.39, 0.29) is 18.8 Å². The molecule has 0 N–H and O–H groups in total. The molecule has 32 heavy (non-hydrogen) atoms. The van der Waals surface area contributed by atoms with Crippen molar-refractivity contribution in [2.45, 2.75) is 38.2 Å². The van der Waals surface area contributed by atoms with Crippen LogP contribution >= 0.6 is 0 Å². The Labute approximate surface area is 185 Å². The summed E-state index contributed by atoms with van der Waals surface area (Å²) in [7, 11) is 0. The highest BCUT2D eigenvalue weighted by Gasteiger charge is 2.39. The first-order valence-corrected chi connectivity index (χ1v) is 11.0. The van der Waals surface area contributed by atoms with Gasteiger partial charge in [-0.3, -0.25) is 4.98 Å². The number of halogens is 3. The smallest absolute Gasteiger partial charge is 0.266 e. The van der Waals surface area contributed by atoms with Crippen LogP contribution in [0.25, 0.3) is 0 Å². The van der Waals surface area contributed by atoms with Gasteiger partial charge in [0.2, 0.25) is 0 Å². The van der Waals surface area contributed by atoms with Gasteiger partial charge in [-0.1, -0.05) is 30.3 Å². The van der Waals surface area contributed by atoms with E-state index in [1.54, 1.807) is 0 Å². The molecule has 7 heteroatoms. The molecule has 0 amide bonds. The molecule has 166 valence electrons. The van der Waals surface area contributed by atoms with Gasteiger partial charge in [0.25, 0.3) is 5.92 Å².